The number of rotatable bonds is 61. The highest BCUT2D eigenvalue weighted by Gasteiger charge is 2.46. The summed E-state index contributed by atoms with van der Waals surface area (Å²) in [7, 11) is 0. The van der Waals surface area contributed by atoms with E-state index >= 15 is 24.0 Å². The number of aromatic nitrogens is 3. The molecule has 3 fully saturated rings. The van der Waals surface area contributed by atoms with Crippen molar-refractivity contribution in [3.63, 3.8) is 0 Å². The van der Waals surface area contributed by atoms with E-state index in [9.17, 15) is 82.4 Å². The molecular formula is C98H148N22O25. The number of aliphatic carboxylic acids is 4. The quantitative estimate of drug-likeness (QED) is 0.0163. The second-order valence-electron chi connectivity index (χ2n) is 36.9. The summed E-state index contributed by atoms with van der Waals surface area (Å²) in [5, 5.41) is 81.3. The number of primary amides is 1. The number of benzene rings is 2. The van der Waals surface area contributed by atoms with Crippen molar-refractivity contribution in [3.05, 3.63) is 90.1 Å². The Morgan fingerprint density at radius 2 is 1.08 bits per heavy atom. The summed E-state index contributed by atoms with van der Waals surface area (Å²) in [6.45, 7) is -0.124. The van der Waals surface area contributed by atoms with Gasteiger partial charge in [0.2, 0.25) is 88.6 Å². The molecule has 0 aliphatic carbocycles. The van der Waals surface area contributed by atoms with E-state index in [-0.39, 0.29) is 200 Å². The first kappa shape index (κ1) is 118. The van der Waals surface area contributed by atoms with Crippen LogP contribution in [-0.4, -0.2) is 320 Å². The second-order valence-corrected chi connectivity index (χ2v) is 36.9. The van der Waals surface area contributed by atoms with E-state index in [1.165, 1.54) is 60.8 Å². The summed E-state index contributed by atoms with van der Waals surface area (Å²) in [4.78, 5) is 275. The van der Waals surface area contributed by atoms with Crippen LogP contribution in [-0.2, 0) is 120 Å². The van der Waals surface area contributed by atoms with Crippen molar-refractivity contribution in [2.45, 2.75) is 305 Å². The van der Waals surface area contributed by atoms with Crippen molar-refractivity contribution >= 4 is 129 Å². The molecular weight excluding hydrogens is 1890 g/mol. The Morgan fingerprint density at radius 3 is 1.71 bits per heavy atom. The van der Waals surface area contributed by atoms with Crippen molar-refractivity contribution < 1.29 is 121 Å². The number of guanidine groups is 1. The molecule has 800 valence electrons. The van der Waals surface area contributed by atoms with Gasteiger partial charge in [-0.05, 0) is 133 Å². The van der Waals surface area contributed by atoms with Gasteiger partial charge in [-0.15, -0.1) is 0 Å². The number of nitrogens with one attached hydrogen (secondary N) is 16. The van der Waals surface area contributed by atoms with E-state index in [2.05, 4.69) is 84.1 Å². The van der Waals surface area contributed by atoms with Crippen LogP contribution >= 0.6 is 0 Å². The Bertz CT molecular complexity index is 4870. The summed E-state index contributed by atoms with van der Waals surface area (Å²) in [5.41, 5.74) is 13.5. The molecule has 15 amide bonds. The van der Waals surface area contributed by atoms with Gasteiger partial charge in [-0.25, -0.2) is 4.98 Å². The second kappa shape index (κ2) is 65.5. The largest absolute Gasteiger partial charge is 0.481 e. The Labute approximate surface area is 842 Å². The zero-order valence-corrected chi connectivity index (χ0v) is 82.7. The molecule has 0 spiro atoms. The maximum absolute atomic E-state index is 15.7. The van der Waals surface area contributed by atoms with Crippen molar-refractivity contribution in [1.82, 2.24) is 98.8 Å². The molecule has 0 bridgehead atoms. The van der Waals surface area contributed by atoms with Crippen LogP contribution in [0.25, 0.3) is 10.9 Å². The number of carboxylic acids is 4. The van der Waals surface area contributed by atoms with Crippen LogP contribution < -0.4 is 80.6 Å². The third kappa shape index (κ3) is 45.4. The zero-order valence-electron chi connectivity index (χ0n) is 82.7. The number of fused-ring (bicyclic) bond motifs is 1. The number of aromatic amines is 2. The molecule has 2 aromatic carbocycles. The van der Waals surface area contributed by atoms with Gasteiger partial charge in [-0.2, -0.15) is 0 Å². The van der Waals surface area contributed by atoms with E-state index < -0.39 is 199 Å². The van der Waals surface area contributed by atoms with Crippen LogP contribution in [0.1, 0.15) is 236 Å². The molecule has 5 heterocycles. The van der Waals surface area contributed by atoms with Crippen LogP contribution in [0, 0.1) is 5.41 Å². The predicted molar refractivity (Wildman–Crippen MR) is 528 cm³/mol. The number of carboxylic acid groups (broad SMARTS) is 4. The maximum atomic E-state index is 15.7. The number of carbonyl (C=O) groups is 19. The Kier molecular flexibility index (Phi) is 53.4. The smallest absolute Gasteiger partial charge is 0.317 e. The third-order valence-electron chi connectivity index (χ3n) is 25.2. The molecule has 3 saturated heterocycles. The molecule has 47 nitrogen and oxygen atoms in total. The normalized spacial score (nSPS) is 19.0. The monoisotopic (exact) mass is 2030 g/mol. The van der Waals surface area contributed by atoms with Gasteiger partial charge in [0.1, 0.15) is 73.1 Å². The lowest BCUT2D eigenvalue weighted by Crippen LogP contribution is -2.61. The minimum absolute atomic E-state index is 0.00647. The molecule has 3 aliphatic rings. The van der Waals surface area contributed by atoms with Gasteiger partial charge in [0.15, 0.2) is 5.96 Å². The molecule has 4 aromatic rings. The molecule has 7 rings (SSSR count). The highest BCUT2D eigenvalue weighted by molar-refractivity contribution is 6.01. The van der Waals surface area contributed by atoms with Gasteiger partial charge in [-0.3, -0.25) is 101 Å². The predicted octanol–water partition coefficient (Wildman–Crippen LogP) is 0.601. The molecule has 3 aliphatic heterocycles. The highest BCUT2D eigenvalue weighted by atomic mass is 16.5. The van der Waals surface area contributed by atoms with Gasteiger partial charge in [0.05, 0.1) is 45.7 Å². The van der Waals surface area contributed by atoms with Crippen molar-refractivity contribution in [1.29, 1.82) is 5.41 Å². The number of amides is 15. The van der Waals surface area contributed by atoms with Crippen LogP contribution in [0.5, 0.6) is 0 Å². The van der Waals surface area contributed by atoms with Gasteiger partial charge in [-0.1, -0.05) is 126 Å². The number of para-hydroxylation sites is 1. The standard InChI is InChI=1S/C98H148N22O25/c1-63(121)109-72-41-42-81(123)103-44-26-36-73(113-92(138)75(54-65-57-107-68-32-20-19-31-67(65)68)115-89(135)71(35-25-45-106-98(100)101)112-91(137)74(53-64-29-15-14-16-30-64)114-93(139)76(116-90(72)136)55-66-58-102-62-108-66)96(142)120-49-28-38-79(120)97(143)119-48-27-37-78(119)95(141)117-77(56-84(127)128)94(140)111-70(34-22-24-47-118(59-85(129)130)60-86(131)132)88(134)110-69(87(99)133)33-21-23-43-104-82(124)61-145-52-51-144-50-46-105-80(122)39-17-12-10-8-6-4-2-3-5-7-9-11-13-18-40-83(125)126/h14-16,19-20,29-32,57-58,62,69-79,107H,2-13,17-18,21-28,33-56,59-61H2,1H3,(H2,99,133)(H,102,108)(H,103,123)(H,104,124)(H,105,122)(H,109,121)(H,110,134)(H,111,140)(H,112,137)(H,113,138)(H,114,139)(H,115,135)(H,116,136)(H,117,141)(H,125,126)(H,127,128)(H,129,130)(H,131,132)(H4,100,101,106). The number of nitrogens with zero attached hydrogens (tertiary/aromatic N) is 4. The Morgan fingerprint density at radius 1 is 0.517 bits per heavy atom. The highest BCUT2D eigenvalue weighted by Crippen LogP contribution is 2.28. The van der Waals surface area contributed by atoms with Crippen molar-refractivity contribution in [2.75, 3.05) is 85.3 Å². The van der Waals surface area contributed by atoms with Gasteiger partial charge in [0, 0.05) is 114 Å². The fourth-order valence-corrected chi connectivity index (χ4v) is 17.6. The lowest BCUT2D eigenvalue weighted by molar-refractivity contribution is -0.148. The SMILES string of the molecule is CC(=O)NC1CCC(=O)NCCCC(C(=O)N2CCCC2C(=O)N2CCCC2C(=O)NC(CC(=O)O)C(=O)NC(CCCCN(CC(=O)O)CC(=O)O)C(=O)NC(CCCCNC(=O)COCCOCCNC(=O)CCCCCCCCCCCCCCCCC(=O)O)C(N)=O)NC(=O)C(Cc2c[nH]c3ccccc23)NC(=O)C(CCCNC(=N)N)NC(=O)C(Cc2ccccc2)NC(=O)C(Cc2cnc[nH]2)NC1=O. The van der Waals surface area contributed by atoms with E-state index in [4.69, 9.17) is 31.5 Å². The molecule has 0 saturated carbocycles. The molecule has 145 heavy (non-hydrogen) atoms. The molecule has 47 heteroatoms. The number of likely N-dealkylation sites (tertiary alicyclic amines) is 2. The van der Waals surface area contributed by atoms with Gasteiger partial charge >= 0.3 is 23.9 Å². The number of hydrogen-bond donors (Lipinski definition) is 22. The maximum Gasteiger partial charge on any atom is 0.317 e. The number of hydrogen-bond acceptors (Lipinski definition) is 24. The number of nitrogens with two attached hydrogens (primary N) is 2. The fourth-order valence-electron chi connectivity index (χ4n) is 17.6. The molecule has 0 radical (unpaired) electrons. The van der Waals surface area contributed by atoms with Crippen LogP contribution in [0.2, 0.25) is 0 Å². The molecule has 2 aromatic heterocycles. The number of H-pyrrole nitrogens is 2. The Balaban J connectivity index is 1.01. The molecule has 24 N–H and O–H groups in total. The first-order valence-electron chi connectivity index (χ1n) is 50.4. The first-order valence-corrected chi connectivity index (χ1v) is 50.4. The average Bonchev–Trinajstić information content (AvgIpc) is 1.64. The number of unbranched alkanes of at least 4 members (excludes halogenated alkanes) is 15. The summed E-state index contributed by atoms with van der Waals surface area (Å²) >= 11 is 0. The fraction of sp³-hybridized carbons (Fsp3) is 0.622. The van der Waals surface area contributed by atoms with Crippen molar-refractivity contribution in [2.24, 2.45) is 11.5 Å². The first-order chi connectivity index (χ1) is 69.6. The summed E-state index contributed by atoms with van der Waals surface area (Å²) in [5.74, 6) is -17.7. The lowest BCUT2D eigenvalue weighted by Gasteiger charge is -2.34. The topological polar surface area (TPSA) is 710 Å². The Hall–Kier alpha value is -13.7. The van der Waals surface area contributed by atoms with E-state index in [1.54, 1.807) is 60.8 Å². The van der Waals surface area contributed by atoms with E-state index in [0.29, 0.717) is 40.7 Å². The summed E-state index contributed by atoms with van der Waals surface area (Å²) in [6.07, 6.45) is 17.7. The summed E-state index contributed by atoms with van der Waals surface area (Å²) in [6, 6.07) is -1.25. The summed E-state index contributed by atoms with van der Waals surface area (Å²) < 4.78 is 11.0. The number of imidazole rings is 1. The van der Waals surface area contributed by atoms with Crippen molar-refractivity contribution in [3.8, 4) is 0 Å². The van der Waals surface area contributed by atoms with E-state index in [0.717, 1.165) is 63.2 Å². The van der Waals surface area contributed by atoms with Gasteiger partial charge in [0.25, 0.3) is 0 Å². The van der Waals surface area contributed by atoms with Gasteiger partial charge < -0.3 is 130 Å². The molecule has 11 unspecified atom stereocenters. The molecule has 11 atom stereocenters. The van der Waals surface area contributed by atoms with Crippen LogP contribution in [0.3, 0.4) is 0 Å². The minimum Gasteiger partial charge on any atom is -0.481 e. The average molecular weight is 2030 g/mol. The lowest BCUT2D eigenvalue weighted by atomic mass is 10.0. The van der Waals surface area contributed by atoms with E-state index in [1.807, 2.05) is 0 Å². The number of carbonyl (C=O) groups excluding carboxylic acids is 15. The van der Waals surface area contributed by atoms with Crippen LogP contribution in [0.15, 0.2) is 73.3 Å². The number of ether oxygens (including phenoxy) is 2. The minimum atomic E-state index is -1.98. The third-order valence-corrected chi connectivity index (χ3v) is 25.2. The van der Waals surface area contributed by atoms with Crippen LogP contribution in [0.4, 0.5) is 0 Å². The zero-order chi connectivity index (χ0) is 105.